The highest BCUT2D eigenvalue weighted by Crippen LogP contribution is 2.25. The van der Waals surface area contributed by atoms with Gasteiger partial charge in [-0.25, -0.2) is 9.97 Å². The molecule has 5 heteroatoms. The fourth-order valence-corrected chi connectivity index (χ4v) is 2.68. The predicted octanol–water partition coefficient (Wildman–Crippen LogP) is 1.60. The average Bonchev–Trinajstić information content (AvgIpc) is 2.54. The molecule has 0 unspecified atom stereocenters. The van der Waals surface area contributed by atoms with Gasteiger partial charge in [0, 0.05) is 50.5 Å². The fourth-order valence-electron chi connectivity index (χ4n) is 2.68. The lowest BCUT2D eigenvalue weighted by atomic mass is 9.83. The van der Waals surface area contributed by atoms with Crippen LogP contribution in [0, 0.1) is 5.41 Å². The van der Waals surface area contributed by atoms with E-state index in [-0.39, 0.29) is 5.41 Å². The molecule has 20 heavy (non-hydrogen) atoms. The van der Waals surface area contributed by atoms with Gasteiger partial charge in [0.05, 0.1) is 0 Å². The van der Waals surface area contributed by atoms with Crippen molar-refractivity contribution >= 4 is 12.2 Å². The largest absolute Gasteiger partial charge is 0.338 e. The molecule has 1 aliphatic rings. The Labute approximate surface area is 121 Å². The zero-order valence-electron chi connectivity index (χ0n) is 12.5. The highest BCUT2D eigenvalue weighted by Gasteiger charge is 2.30. The van der Waals surface area contributed by atoms with E-state index >= 15 is 0 Å². The number of hydrogen-bond acceptors (Lipinski definition) is 5. The molecule has 0 amide bonds. The van der Waals surface area contributed by atoms with Crippen LogP contribution < -0.4 is 4.90 Å². The molecule has 1 aliphatic heterocycles. The first kappa shape index (κ1) is 14.9. The second-order valence-electron chi connectivity index (χ2n) is 5.50. The van der Waals surface area contributed by atoms with Gasteiger partial charge in [0.2, 0.25) is 5.95 Å². The second-order valence-corrected chi connectivity index (χ2v) is 5.50. The Balaban J connectivity index is 1.90. The molecule has 2 rings (SSSR count). The van der Waals surface area contributed by atoms with Crippen LogP contribution in [0.15, 0.2) is 18.5 Å². The monoisotopic (exact) mass is 276 g/mol. The summed E-state index contributed by atoms with van der Waals surface area (Å²) in [7, 11) is 0. The molecule has 0 N–H and O–H groups in total. The van der Waals surface area contributed by atoms with E-state index in [2.05, 4.69) is 33.6 Å². The van der Waals surface area contributed by atoms with Gasteiger partial charge in [-0.1, -0.05) is 13.8 Å². The normalized spacial score (nSPS) is 17.2. The van der Waals surface area contributed by atoms with Crippen molar-refractivity contribution in [2.75, 3.05) is 37.6 Å². The van der Waals surface area contributed by atoms with Gasteiger partial charge >= 0.3 is 0 Å². The Bertz CT molecular complexity index is 411. The number of hydrogen-bond donors (Lipinski definition) is 0. The van der Waals surface area contributed by atoms with Crippen molar-refractivity contribution in [3.8, 4) is 0 Å². The first-order valence-corrected chi connectivity index (χ1v) is 7.43. The Morgan fingerprint density at radius 2 is 1.75 bits per heavy atom. The molecule has 5 nitrogen and oxygen atoms in total. The van der Waals surface area contributed by atoms with Crippen LogP contribution in [0.2, 0.25) is 0 Å². The van der Waals surface area contributed by atoms with E-state index < -0.39 is 0 Å². The van der Waals surface area contributed by atoms with Crippen LogP contribution in [0.4, 0.5) is 5.95 Å². The Kier molecular flexibility index (Phi) is 5.06. The molecule has 1 saturated heterocycles. The van der Waals surface area contributed by atoms with Gasteiger partial charge in [0.1, 0.15) is 6.29 Å². The van der Waals surface area contributed by atoms with Crippen molar-refractivity contribution in [2.45, 2.75) is 26.7 Å². The van der Waals surface area contributed by atoms with E-state index in [9.17, 15) is 4.79 Å². The van der Waals surface area contributed by atoms with Crippen molar-refractivity contribution < 1.29 is 4.79 Å². The van der Waals surface area contributed by atoms with Gasteiger partial charge in [-0.05, 0) is 18.9 Å². The summed E-state index contributed by atoms with van der Waals surface area (Å²) >= 11 is 0. The number of aromatic nitrogens is 2. The van der Waals surface area contributed by atoms with Gasteiger partial charge < -0.3 is 9.69 Å². The van der Waals surface area contributed by atoms with Crippen LogP contribution in [0.5, 0.6) is 0 Å². The molecule has 1 aromatic rings. The molecule has 0 spiro atoms. The summed E-state index contributed by atoms with van der Waals surface area (Å²) in [5, 5.41) is 0. The molecule has 0 radical (unpaired) electrons. The summed E-state index contributed by atoms with van der Waals surface area (Å²) in [6.07, 6.45) is 6.53. The number of anilines is 1. The standard InChI is InChI=1S/C15H24N4O/c1-3-15(4-2,13-20)12-18-8-10-19(11-9-18)14-16-6-5-7-17-14/h5-7,13H,3-4,8-12H2,1-2H3. The van der Waals surface area contributed by atoms with Crippen LogP contribution in [-0.2, 0) is 4.79 Å². The van der Waals surface area contributed by atoms with E-state index in [0.717, 1.165) is 57.8 Å². The maximum Gasteiger partial charge on any atom is 0.225 e. The van der Waals surface area contributed by atoms with E-state index in [1.807, 2.05) is 6.07 Å². The lowest BCUT2D eigenvalue weighted by molar-refractivity contribution is -0.117. The number of carbonyl (C=O) groups excluding carboxylic acids is 1. The Hall–Kier alpha value is -1.49. The van der Waals surface area contributed by atoms with Crippen LogP contribution in [-0.4, -0.2) is 53.9 Å². The maximum atomic E-state index is 11.4. The van der Waals surface area contributed by atoms with E-state index in [0.29, 0.717) is 0 Å². The summed E-state index contributed by atoms with van der Waals surface area (Å²) in [6.45, 7) is 8.85. The van der Waals surface area contributed by atoms with Crippen molar-refractivity contribution in [1.82, 2.24) is 14.9 Å². The summed E-state index contributed by atoms with van der Waals surface area (Å²) in [5.74, 6) is 0.805. The number of piperazine rings is 1. The minimum Gasteiger partial charge on any atom is -0.338 e. The first-order valence-electron chi connectivity index (χ1n) is 7.43. The molecule has 0 bridgehead atoms. The quantitative estimate of drug-likeness (QED) is 0.739. The van der Waals surface area contributed by atoms with E-state index in [4.69, 9.17) is 0 Å². The Morgan fingerprint density at radius 1 is 1.15 bits per heavy atom. The van der Waals surface area contributed by atoms with Crippen LogP contribution in [0.1, 0.15) is 26.7 Å². The minimum absolute atomic E-state index is 0.175. The van der Waals surface area contributed by atoms with Gasteiger partial charge in [0.15, 0.2) is 0 Å². The lowest BCUT2D eigenvalue weighted by Gasteiger charge is -2.39. The molecule has 0 saturated carbocycles. The summed E-state index contributed by atoms with van der Waals surface area (Å²) < 4.78 is 0. The molecule has 2 heterocycles. The predicted molar refractivity (Wildman–Crippen MR) is 79.8 cm³/mol. The van der Waals surface area contributed by atoms with E-state index in [1.54, 1.807) is 12.4 Å². The molecule has 0 atom stereocenters. The van der Waals surface area contributed by atoms with Gasteiger partial charge in [-0.15, -0.1) is 0 Å². The van der Waals surface area contributed by atoms with Crippen LogP contribution in [0.3, 0.4) is 0 Å². The molecule has 1 aromatic heterocycles. The first-order chi connectivity index (χ1) is 9.73. The number of carbonyl (C=O) groups is 1. The number of rotatable bonds is 6. The third-order valence-corrected chi connectivity index (χ3v) is 4.40. The summed E-state index contributed by atoms with van der Waals surface area (Å²) in [5.41, 5.74) is -0.175. The topological polar surface area (TPSA) is 49.3 Å². The SMILES string of the molecule is CCC(C=O)(CC)CN1CCN(c2ncccn2)CC1. The van der Waals surface area contributed by atoms with Gasteiger partial charge in [-0.2, -0.15) is 0 Å². The molecular formula is C15H24N4O. The molecule has 0 aromatic carbocycles. The highest BCUT2D eigenvalue weighted by molar-refractivity contribution is 5.59. The van der Waals surface area contributed by atoms with Gasteiger partial charge in [-0.3, -0.25) is 4.90 Å². The van der Waals surface area contributed by atoms with Gasteiger partial charge in [0.25, 0.3) is 0 Å². The van der Waals surface area contributed by atoms with Crippen molar-refractivity contribution in [1.29, 1.82) is 0 Å². The lowest BCUT2D eigenvalue weighted by Crippen LogP contribution is -2.50. The molecular weight excluding hydrogens is 252 g/mol. The van der Waals surface area contributed by atoms with Crippen molar-refractivity contribution in [3.63, 3.8) is 0 Å². The zero-order chi connectivity index (χ0) is 14.4. The van der Waals surface area contributed by atoms with Crippen molar-refractivity contribution in [3.05, 3.63) is 18.5 Å². The summed E-state index contributed by atoms with van der Waals surface area (Å²) in [4.78, 5) is 24.6. The third kappa shape index (κ3) is 3.33. The average molecular weight is 276 g/mol. The minimum atomic E-state index is -0.175. The molecule has 1 fully saturated rings. The molecule has 0 aliphatic carbocycles. The zero-order valence-corrected chi connectivity index (χ0v) is 12.5. The fraction of sp³-hybridized carbons (Fsp3) is 0.667. The Morgan fingerprint density at radius 3 is 2.25 bits per heavy atom. The highest BCUT2D eigenvalue weighted by atomic mass is 16.1. The maximum absolute atomic E-state index is 11.4. The van der Waals surface area contributed by atoms with Crippen LogP contribution >= 0.6 is 0 Å². The third-order valence-electron chi connectivity index (χ3n) is 4.40. The second kappa shape index (κ2) is 6.79. The van der Waals surface area contributed by atoms with E-state index in [1.165, 1.54) is 0 Å². The van der Waals surface area contributed by atoms with Crippen LogP contribution in [0.25, 0.3) is 0 Å². The smallest absolute Gasteiger partial charge is 0.225 e. The van der Waals surface area contributed by atoms with Crippen molar-refractivity contribution in [2.24, 2.45) is 5.41 Å². The summed E-state index contributed by atoms with van der Waals surface area (Å²) in [6, 6.07) is 1.83. The number of aldehydes is 1. The number of nitrogens with zero attached hydrogens (tertiary/aromatic N) is 4. The molecule has 110 valence electrons.